The summed E-state index contributed by atoms with van der Waals surface area (Å²) in [6.45, 7) is 3.29. The fourth-order valence-corrected chi connectivity index (χ4v) is 3.09. The minimum atomic E-state index is -0.393. The number of fused-ring (bicyclic) bond motifs is 1. The second kappa shape index (κ2) is 7.34. The van der Waals surface area contributed by atoms with Crippen LogP contribution in [0, 0.1) is 5.82 Å². The first-order chi connectivity index (χ1) is 11.6. The van der Waals surface area contributed by atoms with Crippen molar-refractivity contribution in [2.45, 2.75) is 26.1 Å². The standard InChI is InChI=1S/C19H20ClFN2O/c1-13(24)9-22-10-14-11-23(19-8-3-2-5-15(14)19)12-16-17(20)6-4-7-18(16)21/h2-8,11,13,22,24H,9-10,12H2,1H3/t13-/m0/s1. The number of aliphatic hydroxyl groups is 1. The fourth-order valence-electron chi connectivity index (χ4n) is 2.86. The van der Waals surface area contributed by atoms with Gasteiger partial charge in [0.1, 0.15) is 5.82 Å². The SMILES string of the molecule is C[C@H](O)CNCc1cn(Cc2c(F)cccc2Cl)c2ccccc12. The van der Waals surface area contributed by atoms with Crippen LogP contribution in [0.25, 0.3) is 10.9 Å². The molecule has 0 aliphatic carbocycles. The Hall–Kier alpha value is -1.88. The minimum Gasteiger partial charge on any atom is -0.392 e. The van der Waals surface area contributed by atoms with Crippen LogP contribution in [-0.4, -0.2) is 22.3 Å². The highest BCUT2D eigenvalue weighted by Gasteiger charge is 2.12. The van der Waals surface area contributed by atoms with Crippen LogP contribution in [0.2, 0.25) is 5.02 Å². The van der Waals surface area contributed by atoms with Crippen LogP contribution in [0.15, 0.2) is 48.7 Å². The highest BCUT2D eigenvalue weighted by Crippen LogP contribution is 2.25. The largest absolute Gasteiger partial charge is 0.392 e. The predicted molar refractivity (Wildman–Crippen MR) is 95.8 cm³/mol. The maximum atomic E-state index is 14.1. The van der Waals surface area contributed by atoms with E-state index < -0.39 is 6.10 Å². The van der Waals surface area contributed by atoms with Crippen molar-refractivity contribution in [2.24, 2.45) is 0 Å². The van der Waals surface area contributed by atoms with Gasteiger partial charge in [0.15, 0.2) is 0 Å². The van der Waals surface area contributed by atoms with Crippen molar-refractivity contribution in [3.05, 3.63) is 70.6 Å². The van der Waals surface area contributed by atoms with Crippen molar-refractivity contribution < 1.29 is 9.50 Å². The molecule has 0 aliphatic heterocycles. The van der Waals surface area contributed by atoms with Crippen LogP contribution < -0.4 is 5.32 Å². The van der Waals surface area contributed by atoms with Crippen LogP contribution in [0.5, 0.6) is 0 Å². The first kappa shape index (κ1) is 17.0. The number of aliphatic hydroxyl groups excluding tert-OH is 1. The Balaban J connectivity index is 1.93. The van der Waals surface area contributed by atoms with Crippen molar-refractivity contribution >= 4 is 22.5 Å². The van der Waals surface area contributed by atoms with E-state index in [1.807, 2.05) is 35.0 Å². The molecule has 1 atom stereocenters. The number of rotatable bonds is 6. The average Bonchev–Trinajstić information content (AvgIpc) is 2.89. The van der Waals surface area contributed by atoms with Gasteiger partial charge in [0.05, 0.1) is 12.6 Å². The van der Waals surface area contributed by atoms with Gasteiger partial charge in [-0.3, -0.25) is 0 Å². The van der Waals surface area contributed by atoms with Gasteiger partial charge in [0.2, 0.25) is 0 Å². The summed E-state index contributed by atoms with van der Waals surface area (Å²) in [6, 6.07) is 12.8. The molecule has 1 heterocycles. The molecule has 0 saturated heterocycles. The van der Waals surface area contributed by atoms with E-state index in [0.717, 1.165) is 16.5 Å². The lowest BCUT2D eigenvalue weighted by molar-refractivity contribution is 0.191. The van der Waals surface area contributed by atoms with Crippen LogP contribution in [0.4, 0.5) is 4.39 Å². The van der Waals surface area contributed by atoms with Gasteiger partial charge in [-0.25, -0.2) is 4.39 Å². The van der Waals surface area contributed by atoms with Crippen LogP contribution in [0.1, 0.15) is 18.1 Å². The van der Waals surface area contributed by atoms with E-state index in [0.29, 0.717) is 30.2 Å². The molecule has 0 fully saturated rings. The average molecular weight is 347 g/mol. The monoisotopic (exact) mass is 346 g/mol. The molecule has 0 spiro atoms. The zero-order valence-corrected chi connectivity index (χ0v) is 14.2. The molecule has 24 heavy (non-hydrogen) atoms. The third kappa shape index (κ3) is 3.61. The Labute approximate surface area is 145 Å². The Bertz CT molecular complexity index is 824. The second-order valence-corrected chi connectivity index (χ2v) is 6.39. The highest BCUT2D eigenvalue weighted by molar-refractivity contribution is 6.31. The first-order valence-corrected chi connectivity index (χ1v) is 8.32. The number of nitrogens with one attached hydrogen (secondary N) is 1. The molecule has 0 bridgehead atoms. The predicted octanol–water partition coefficient (Wildman–Crippen LogP) is 3.95. The smallest absolute Gasteiger partial charge is 0.129 e. The molecular formula is C19H20ClFN2O. The lowest BCUT2D eigenvalue weighted by Gasteiger charge is -2.08. The molecule has 126 valence electrons. The summed E-state index contributed by atoms with van der Waals surface area (Å²) < 4.78 is 16.1. The van der Waals surface area contributed by atoms with Crippen molar-refractivity contribution in [1.82, 2.24) is 9.88 Å². The van der Waals surface area contributed by atoms with Crippen molar-refractivity contribution in [3.63, 3.8) is 0 Å². The Morgan fingerprint density at radius 1 is 1.21 bits per heavy atom. The van der Waals surface area contributed by atoms with Gasteiger partial charge in [-0.05, 0) is 30.7 Å². The molecule has 0 amide bonds. The summed E-state index contributed by atoms with van der Waals surface area (Å²) in [5, 5.41) is 14.2. The Morgan fingerprint density at radius 3 is 2.75 bits per heavy atom. The molecular weight excluding hydrogens is 327 g/mol. The minimum absolute atomic E-state index is 0.297. The van der Waals surface area contributed by atoms with Gasteiger partial charge in [-0.1, -0.05) is 35.9 Å². The second-order valence-electron chi connectivity index (χ2n) is 5.98. The zero-order valence-electron chi connectivity index (χ0n) is 13.5. The summed E-state index contributed by atoms with van der Waals surface area (Å²) >= 11 is 6.16. The van der Waals surface area contributed by atoms with Gasteiger partial charge in [0, 0.05) is 40.8 Å². The summed E-state index contributed by atoms with van der Waals surface area (Å²) in [6.07, 6.45) is 1.62. The normalized spacial score (nSPS) is 12.7. The van der Waals surface area contributed by atoms with Gasteiger partial charge < -0.3 is 15.0 Å². The van der Waals surface area contributed by atoms with Crippen molar-refractivity contribution in [1.29, 1.82) is 0 Å². The van der Waals surface area contributed by atoms with E-state index in [2.05, 4.69) is 5.32 Å². The summed E-state index contributed by atoms with van der Waals surface area (Å²) in [5.41, 5.74) is 2.63. The molecule has 2 N–H and O–H groups in total. The number of halogens is 2. The molecule has 0 radical (unpaired) electrons. The topological polar surface area (TPSA) is 37.2 Å². The maximum absolute atomic E-state index is 14.1. The third-order valence-corrected chi connectivity index (χ3v) is 4.37. The van der Waals surface area contributed by atoms with E-state index in [9.17, 15) is 9.50 Å². The van der Waals surface area contributed by atoms with E-state index >= 15 is 0 Å². The molecule has 5 heteroatoms. The number of hydrogen-bond acceptors (Lipinski definition) is 2. The van der Waals surface area contributed by atoms with E-state index in [1.54, 1.807) is 19.1 Å². The number of aromatic nitrogens is 1. The van der Waals surface area contributed by atoms with E-state index in [-0.39, 0.29) is 5.82 Å². The van der Waals surface area contributed by atoms with Crippen LogP contribution >= 0.6 is 11.6 Å². The van der Waals surface area contributed by atoms with E-state index in [4.69, 9.17) is 11.6 Å². The molecule has 0 unspecified atom stereocenters. The third-order valence-electron chi connectivity index (χ3n) is 4.02. The van der Waals surface area contributed by atoms with Crippen LogP contribution in [0.3, 0.4) is 0 Å². The molecule has 3 nitrogen and oxygen atoms in total. The molecule has 1 aromatic heterocycles. The lowest BCUT2D eigenvalue weighted by Crippen LogP contribution is -2.23. The van der Waals surface area contributed by atoms with Crippen LogP contribution in [-0.2, 0) is 13.1 Å². The quantitative estimate of drug-likeness (QED) is 0.709. The maximum Gasteiger partial charge on any atom is 0.129 e. The lowest BCUT2D eigenvalue weighted by atomic mass is 10.1. The number of hydrogen-bond donors (Lipinski definition) is 2. The molecule has 0 aliphatic rings. The molecule has 3 rings (SSSR count). The Kier molecular flexibility index (Phi) is 5.19. The van der Waals surface area contributed by atoms with E-state index in [1.165, 1.54) is 6.07 Å². The van der Waals surface area contributed by atoms with Gasteiger partial charge in [-0.15, -0.1) is 0 Å². The van der Waals surface area contributed by atoms with Crippen molar-refractivity contribution in [2.75, 3.05) is 6.54 Å². The molecule has 0 saturated carbocycles. The molecule has 3 aromatic rings. The van der Waals surface area contributed by atoms with Gasteiger partial charge >= 0.3 is 0 Å². The first-order valence-electron chi connectivity index (χ1n) is 7.94. The number of para-hydroxylation sites is 1. The summed E-state index contributed by atoms with van der Waals surface area (Å²) in [5.74, 6) is -0.297. The highest BCUT2D eigenvalue weighted by atomic mass is 35.5. The van der Waals surface area contributed by atoms with Gasteiger partial charge in [-0.2, -0.15) is 0 Å². The number of benzene rings is 2. The zero-order chi connectivity index (χ0) is 17.1. The fraction of sp³-hybridized carbons (Fsp3) is 0.263. The Morgan fingerprint density at radius 2 is 2.00 bits per heavy atom. The number of nitrogens with zero attached hydrogens (tertiary/aromatic N) is 1. The summed E-state index contributed by atoms with van der Waals surface area (Å²) in [4.78, 5) is 0. The summed E-state index contributed by atoms with van der Waals surface area (Å²) in [7, 11) is 0. The van der Waals surface area contributed by atoms with Crippen molar-refractivity contribution in [3.8, 4) is 0 Å². The molecule has 2 aromatic carbocycles. The van der Waals surface area contributed by atoms with Gasteiger partial charge in [0.25, 0.3) is 0 Å².